The Morgan fingerprint density at radius 2 is 2.22 bits per heavy atom. The highest BCUT2D eigenvalue weighted by atomic mass is 32.1. The van der Waals surface area contributed by atoms with Crippen molar-refractivity contribution in [3.05, 3.63) is 16.3 Å². The van der Waals surface area contributed by atoms with Gasteiger partial charge in [0.25, 0.3) is 0 Å². The molecule has 0 amide bonds. The molecule has 4 nitrogen and oxygen atoms in total. The molecule has 0 radical (unpaired) electrons. The van der Waals surface area contributed by atoms with Crippen molar-refractivity contribution in [3.63, 3.8) is 0 Å². The first-order chi connectivity index (χ1) is 8.65. The lowest BCUT2D eigenvalue weighted by Gasteiger charge is -2.07. The third-order valence-electron chi connectivity index (χ3n) is 3.60. The van der Waals surface area contributed by atoms with Gasteiger partial charge in [0.15, 0.2) is 0 Å². The fourth-order valence-electron chi connectivity index (χ4n) is 2.42. The van der Waals surface area contributed by atoms with E-state index >= 15 is 0 Å². The van der Waals surface area contributed by atoms with Gasteiger partial charge in [-0.1, -0.05) is 0 Å². The number of aryl methyl sites for hydroxylation is 2. The molecule has 96 valence electrons. The molecule has 5 heteroatoms. The number of anilines is 1. The topological polar surface area (TPSA) is 61.0 Å². The van der Waals surface area contributed by atoms with Gasteiger partial charge in [-0.15, -0.1) is 11.3 Å². The highest BCUT2D eigenvalue weighted by Crippen LogP contribution is 2.32. The maximum absolute atomic E-state index is 6.07. The minimum atomic E-state index is 0.545. The van der Waals surface area contributed by atoms with Crippen molar-refractivity contribution in [2.75, 3.05) is 18.9 Å². The van der Waals surface area contributed by atoms with Crippen LogP contribution in [-0.4, -0.2) is 23.2 Å². The zero-order valence-corrected chi connectivity index (χ0v) is 11.5. The van der Waals surface area contributed by atoms with Crippen LogP contribution in [0.15, 0.2) is 0 Å². The normalized spacial score (nSPS) is 19.8. The summed E-state index contributed by atoms with van der Waals surface area (Å²) in [6.45, 7) is 5.87. The van der Waals surface area contributed by atoms with Crippen LogP contribution >= 0.6 is 11.3 Å². The van der Waals surface area contributed by atoms with Crippen molar-refractivity contribution in [1.29, 1.82) is 0 Å². The molecule has 2 N–H and O–H groups in total. The minimum Gasteiger partial charge on any atom is -0.383 e. The lowest BCUT2D eigenvalue weighted by molar-refractivity contribution is 0.185. The van der Waals surface area contributed by atoms with E-state index in [2.05, 4.69) is 23.8 Å². The number of hydrogen-bond acceptors (Lipinski definition) is 5. The van der Waals surface area contributed by atoms with E-state index in [4.69, 9.17) is 10.5 Å². The van der Waals surface area contributed by atoms with E-state index in [1.54, 1.807) is 11.3 Å². The SMILES string of the molecule is Cc1sc2nc(CC3CCOC3)nc(N)c2c1C. The fraction of sp³-hybridized carbons (Fsp3) is 0.538. The van der Waals surface area contributed by atoms with Crippen LogP contribution in [0.5, 0.6) is 0 Å². The van der Waals surface area contributed by atoms with Crippen LogP contribution in [0.1, 0.15) is 22.7 Å². The zero-order chi connectivity index (χ0) is 12.7. The molecule has 0 saturated carbocycles. The summed E-state index contributed by atoms with van der Waals surface area (Å²) in [6.07, 6.45) is 1.97. The molecule has 1 aliphatic rings. The standard InChI is InChI=1S/C13H17N3OS/c1-7-8(2)18-13-11(7)12(14)15-10(16-13)5-9-3-4-17-6-9/h9H,3-6H2,1-2H3,(H2,14,15,16). The summed E-state index contributed by atoms with van der Waals surface area (Å²) < 4.78 is 5.39. The predicted molar refractivity (Wildman–Crippen MR) is 73.9 cm³/mol. The molecule has 1 atom stereocenters. The zero-order valence-electron chi connectivity index (χ0n) is 10.7. The van der Waals surface area contributed by atoms with Crippen molar-refractivity contribution >= 4 is 27.4 Å². The lowest BCUT2D eigenvalue weighted by Crippen LogP contribution is -2.08. The molecule has 1 saturated heterocycles. The summed E-state index contributed by atoms with van der Waals surface area (Å²) >= 11 is 1.70. The van der Waals surface area contributed by atoms with Gasteiger partial charge >= 0.3 is 0 Å². The molecule has 0 aromatic carbocycles. The number of fused-ring (bicyclic) bond motifs is 1. The van der Waals surface area contributed by atoms with Gasteiger partial charge < -0.3 is 10.5 Å². The van der Waals surface area contributed by atoms with Crippen LogP contribution in [0.4, 0.5) is 5.82 Å². The summed E-state index contributed by atoms with van der Waals surface area (Å²) in [5, 5.41) is 1.03. The van der Waals surface area contributed by atoms with Gasteiger partial charge in [-0.3, -0.25) is 0 Å². The average molecular weight is 263 g/mol. The van der Waals surface area contributed by atoms with E-state index in [0.717, 1.165) is 42.1 Å². The molecule has 1 unspecified atom stereocenters. The van der Waals surface area contributed by atoms with Gasteiger partial charge in [0.05, 0.1) is 5.39 Å². The van der Waals surface area contributed by atoms with Gasteiger partial charge in [-0.05, 0) is 31.7 Å². The summed E-state index contributed by atoms with van der Waals surface area (Å²) in [4.78, 5) is 11.4. The van der Waals surface area contributed by atoms with Crippen LogP contribution in [-0.2, 0) is 11.2 Å². The second-order valence-corrected chi connectivity index (χ2v) is 6.13. The number of nitrogen functional groups attached to an aromatic ring is 1. The summed E-state index contributed by atoms with van der Waals surface area (Å²) in [6, 6.07) is 0. The van der Waals surface area contributed by atoms with Crippen molar-refractivity contribution in [2.24, 2.45) is 5.92 Å². The molecule has 3 rings (SSSR count). The van der Waals surface area contributed by atoms with Gasteiger partial charge in [-0.25, -0.2) is 9.97 Å². The molecular weight excluding hydrogens is 246 g/mol. The first-order valence-corrected chi connectivity index (χ1v) is 7.06. The fourth-order valence-corrected chi connectivity index (χ4v) is 3.48. The highest BCUT2D eigenvalue weighted by molar-refractivity contribution is 7.18. The Hall–Kier alpha value is -1.20. The second-order valence-electron chi connectivity index (χ2n) is 4.92. The molecule has 1 aliphatic heterocycles. The third kappa shape index (κ3) is 1.97. The van der Waals surface area contributed by atoms with E-state index in [9.17, 15) is 0 Å². The van der Waals surface area contributed by atoms with E-state index in [1.807, 2.05) is 0 Å². The predicted octanol–water partition coefficient (Wildman–Crippen LogP) is 2.47. The number of rotatable bonds is 2. The van der Waals surface area contributed by atoms with Crippen LogP contribution in [0.2, 0.25) is 0 Å². The van der Waals surface area contributed by atoms with Crippen molar-refractivity contribution in [2.45, 2.75) is 26.7 Å². The number of thiophene rings is 1. The minimum absolute atomic E-state index is 0.545. The quantitative estimate of drug-likeness (QED) is 0.904. The number of ether oxygens (including phenoxy) is 1. The second kappa shape index (κ2) is 4.48. The van der Waals surface area contributed by atoms with Crippen molar-refractivity contribution in [1.82, 2.24) is 9.97 Å². The van der Waals surface area contributed by atoms with E-state index in [-0.39, 0.29) is 0 Å². The molecule has 2 aromatic heterocycles. The first kappa shape index (κ1) is 11.9. The van der Waals surface area contributed by atoms with E-state index in [0.29, 0.717) is 11.7 Å². The van der Waals surface area contributed by atoms with Crippen LogP contribution < -0.4 is 5.73 Å². The summed E-state index contributed by atoms with van der Waals surface area (Å²) in [7, 11) is 0. The van der Waals surface area contributed by atoms with E-state index in [1.165, 1.54) is 10.4 Å². The van der Waals surface area contributed by atoms with Crippen LogP contribution in [0.3, 0.4) is 0 Å². The number of nitrogens with zero attached hydrogens (tertiary/aromatic N) is 2. The monoisotopic (exact) mass is 263 g/mol. The summed E-state index contributed by atoms with van der Waals surface area (Å²) in [5.74, 6) is 2.02. The Kier molecular flexibility index (Phi) is 2.95. The van der Waals surface area contributed by atoms with Crippen LogP contribution in [0, 0.1) is 19.8 Å². The Bertz CT molecular complexity index is 587. The third-order valence-corrected chi connectivity index (χ3v) is 4.70. The smallest absolute Gasteiger partial charge is 0.136 e. The number of hydrogen-bond donors (Lipinski definition) is 1. The Morgan fingerprint density at radius 3 is 2.94 bits per heavy atom. The van der Waals surface area contributed by atoms with Gasteiger partial charge in [0.2, 0.25) is 0 Å². The van der Waals surface area contributed by atoms with Crippen molar-refractivity contribution < 1.29 is 4.74 Å². The number of nitrogens with two attached hydrogens (primary N) is 1. The molecular formula is C13H17N3OS. The number of aromatic nitrogens is 2. The first-order valence-electron chi connectivity index (χ1n) is 6.25. The molecule has 3 heterocycles. The molecule has 0 bridgehead atoms. The largest absolute Gasteiger partial charge is 0.383 e. The van der Waals surface area contributed by atoms with Crippen molar-refractivity contribution in [3.8, 4) is 0 Å². The van der Waals surface area contributed by atoms with Gasteiger partial charge in [-0.2, -0.15) is 0 Å². The maximum Gasteiger partial charge on any atom is 0.136 e. The lowest BCUT2D eigenvalue weighted by atomic mass is 10.0. The van der Waals surface area contributed by atoms with E-state index < -0.39 is 0 Å². The highest BCUT2D eigenvalue weighted by Gasteiger charge is 2.19. The average Bonchev–Trinajstić information content (AvgIpc) is 2.89. The maximum atomic E-state index is 6.07. The molecule has 0 aliphatic carbocycles. The Labute approximate surface area is 110 Å². The molecule has 1 fully saturated rings. The Balaban J connectivity index is 1.99. The summed E-state index contributed by atoms with van der Waals surface area (Å²) in [5.41, 5.74) is 7.28. The van der Waals surface area contributed by atoms with Gasteiger partial charge in [0.1, 0.15) is 16.5 Å². The Morgan fingerprint density at radius 1 is 1.39 bits per heavy atom. The van der Waals surface area contributed by atoms with Crippen LogP contribution in [0.25, 0.3) is 10.2 Å². The molecule has 18 heavy (non-hydrogen) atoms. The molecule has 0 spiro atoms. The molecule has 2 aromatic rings. The van der Waals surface area contributed by atoms with Gasteiger partial charge in [0, 0.05) is 24.5 Å².